The normalized spacial score (nSPS) is 36.9. The second-order valence-electron chi connectivity index (χ2n) is 6.05. The van der Waals surface area contributed by atoms with E-state index in [0.717, 1.165) is 25.0 Å². The van der Waals surface area contributed by atoms with Gasteiger partial charge in [0, 0.05) is 5.92 Å². The Bertz CT molecular complexity index is 471. The van der Waals surface area contributed by atoms with Crippen molar-refractivity contribution < 1.29 is 4.79 Å². The van der Waals surface area contributed by atoms with Gasteiger partial charge in [-0.25, -0.2) is 0 Å². The van der Waals surface area contributed by atoms with Crippen molar-refractivity contribution in [3.05, 3.63) is 17.5 Å². The van der Waals surface area contributed by atoms with E-state index in [1.165, 1.54) is 24.8 Å². The molecule has 1 heterocycles. The number of hydrogen-bond acceptors (Lipinski definition) is 2. The largest absolute Gasteiger partial charge is 0.347 e. The summed E-state index contributed by atoms with van der Waals surface area (Å²) in [4.78, 5) is 12.3. The summed E-state index contributed by atoms with van der Waals surface area (Å²) in [6.07, 6.45) is 9.04. The molecule has 3 atom stereocenters. The summed E-state index contributed by atoms with van der Waals surface area (Å²) in [5.41, 5.74) is 2.42. The molecule has 0 aliphatic heterocycles. The van der Waals surface area contributed by atoms with Crippen molar-refractivity contribution in [2.75, 3.05) is 0 Å². The van der Waals surface area contributed by atoms with Crippen molar-refractivity contribution >= 4 is 5.91 Å². The van der Waals surface area contributed by atoms with E-state index in [0.29, 0.717) is 17.8 Å². The fourth-order valence-electron chi connectivity index (χ4n) is 4.09. The van der Waals surface area contributed by atoms with Crippen molar-refractivity contribution in [2.24, 2.45) is 17.8 Å². The Balaban J connectivity index is 1.45. The van der Waals surface area contributed by atoms with Gasteiger partial charge in [-0.3, -0.25) is 9.89 Å². The molecule has 0 radical (unpaired) electrons. The Morgan fingerprint density at radius 1 is 1.28 bits per heavy atom. The summed E-state index contributed by atoms with van der Waals surface area (Å²) in [6.45, 7) is 0. The van der Waals surface area contributed by atoms with Gasteiger partial charge < -0.3 is 5.32 Å². The number of fused-ring (bicyclic) bond motifs is 2. The minimum Gasteiger partial charge on any atom is -0.347 e. The number of H-pyrrole nitrogens is 1. The van der Waals surface area contributed by atoms with Crippen LogP contribution in [-0.4, -0.2) is 16.1 Å². The van der Waals surface area contributed by atoms with Gasteiger partial charge in [-0.1, -0.05) is 6.42 Å². The van der Waals surface area contributed by atoms with Gasteiger partial charge in [0.1, 0.15) is 0 Å². The first kappa shape index (κ1) is 10.6. The van der Waals surface area contributed by atoms with Gasteiger partial charge in [0.05, 0.1) is 17.9 Å². The van der Waals surface area contributed by atoms with Crippen molar-refractivity contribution in [2.45, 2.75) is 44.6 Å². The van der Waals surface area contributed by atoms with Crippen molar-refractivity contribution in [3.8, 4) is 0 Å². The number of aromatic nitrogens is 2. The quantitative estimate of drug-likeness (QED) is 0.836. The van der Waals surface area contributed by atoms with E-state index in [4.69, 9.17) is 0 Å². The molecule has 1 aromatic heterocycles. The molecule has 4 nitrogen and oxygen atoms in total. The Labute approximate surface area is 107 Å². The molecular formula is C14H19N3O. The Morgan fingerprint density at radius 2 is 2.11 bits per heavy atom. The number of hydrogen-bond donors (Lipinski definition) is 2. The van der Waals surface area contributed by atoms with Crippen LogP contribution < -0.4 is 5.32 Å². The SMILES string of the molecule is O=C(NC1CCCc2cn[nH]c21)C1C2CCCC21. The molecule has 0 aromatic carbocycles. The number of amides is 1. The molecule has 1 aromatic rings. The van der Waals surface area contributed by atoms with Crippen LogP contribution in [0.1, 0.15) is 49.4 Å². The third kappa shape index (κ3) is 1.51. The van der Waals surface area contributed by atoms with E-state index >= 15 is 0 Å². The number of carbonyl (C=O) groups excluding carboxylic acids is 1. The zero-order chi connectivity index (χ0) is 12.1. The molecule has 2 fully saturated rings. The number of carbonyl (C=O) groups is 1. The number of rotatable bonds is 2. The lowest BCUT2D eigenvalue weighted by Gasteiger charge is -2.23. The minimum absolute atomic E-state index is 0.171. The van der Waals surface area contributed by atoms with E-state index in [1.807, 2.05) is 6.20 Å². The highest BCUT2D eigenvalue weighted by Crippen LogP contribution is 2.57. The molecule has 2 N–H and O–H groups in total. The number of nitrogens with zero attached hydrogens (tertiary/aromatic N) is 1. The van der Waals surface area contributed by atoms with Crippen LogP contribution in [0.4, 0.5) is 0 Å². The molecule has 3 unspecified atom stereocenters. The predicted molar refractivity (Wildman–Crippen MR) is 66.7 cm³/mol. The van der Waals surface area contributed by atoms with Gasteiger partial charge in [0.25, 0.3) is 0 Å². The fourth-order valence-corrected chi connectivity index (χ4v) is 4.09. The lowest BCUT2D eigenvalue weighted by Crippen LogP contribution is -2.33. The Morgan fingerprint density at radius 3 is 2.94 bits per heavy atom. The molecule has 3 aliphatic carbocycles. The monoisotopic (exact) mass is 245 g/mol. The highest BCUT2D eigenvalue weighted by Gasteiger charge is 2.56. The van der Waals surface area contributed by atoms with Crippen LogP contribution in [0.25, 0.3) is 0 Å². The van der Waals surface area contributed by atoms with Gasteiger partial charge in [-0.15, -0.1) is 0 Å². The molecule has 1 amide bonds. The summed E-state index contributed by atoms with van der Waals surface area (Å²) in [5, 5.41) is 10.4. The minimum atomic E-state index is 0.171. The maximum Gasteiger partial charge on any atom is 0.224 e. The first-order chi connectivity index (χ1) is 8.84. The average Bonchev–Trinajstić information content (AvgIpc) is 2.80. The van der Waals surface area contributed by atoms with E-state index in [9.17, 15) is 4.79 Å². The topological polar surface area (TPSA) is 57.8 Å². The molecular weight excluding hydrogens is 226 g/mol. The van der Waals surface area contributed by atoms with Gasteiger partial charge in [0.2, 0.25) is 5.91 Å². The van der Waals surface area contributed by atoms with Crippen LogP contribution in [0.3, 0.4) is 0 Å². The highest BCUT2D eigenvalue weighted by molar-refractivity contribution is 5.82. The standard InChI is InChI=1S/C14H19N3O/c18-14(12-9-4-2-5-10(9)12)16-11-6-1-3-8-7-15-17-13(8)11/h7,9-12H,1-6H2,(H,15,17)(H,16,18). The number of aryl methyl sites for hydroxylation is 1. The van der Waals surface area contributed by atoms with E-state index < -0.39 is 0 Å². The lowest BCUT2D eigenvalue weighted by atomic mass is 9.93. The van der Waals surface area contributed by atoms with E-state index in [1.54, 1.807) is 0 Å². The lowest BCUT2D eigenvalue weighted by molar-refractivity contribution is -0.124. The molecule has 4 rings (SSSR count). The molecule has 0 spiro atoms. The fraction of sp³-hybridized carbons (Fsp3) is 0.714. The summed E-state index contributed by atoms with van der Waals surface area (Å²) < 4.78 is 0. The van der Waals surface area contributed by atoms with Crippen LogP contribution in [0.2, 0.25) is 0 Å². The zero-order valence-electron chi connectivity index (χ0n) is 10.5. The molecule has 4 heteroatoms. The second kappa shape index (κ2) is 3.84. The van der Waals surface area contributed by atoms with Gasteiger partial charge in [0.15, 0.2) is 0 Å². The Hall–Kier alpha value is -1.32. The number of aromatic amines is 1. The maximum absolute atomic E-state index is 12.3. The molecule has 96 valence electrons. The predicted octanol–water partition coefficient (Wildman–Crippen LogP) is 1.95. The molecule has 0 saturated heterocycles. The van der Waals surface area contributed by atoms with E-state index in [-0.39, 0.29) is 11.9 Å². The number of nitrogens with one attached hydrogen (secondary N) is 2. The average molecular weight is 245 g/mol. The molecule has 3 aliphatic rings. The highest BCUT2D eigenvalue weighted by atomic mass is 16.2. The van der Waals surface area contributed by atoms with Crippen LogP contribution in [-0.2, 0) is 11.2 Å². The molecule has 2 saturated carbocycles. The summed E-state index contributed by atoms with van der Waals surface area (Å²) in [6, 6.07) is 0.171. The zero-order valence-corrected chi connectivity index (χ0v) is 10.5. The first-order valence-electron chi connectivity index (χ1n) is 7.17. The van der Waals surface area contributed by atoms with Crippen LogP contribution in [0.15, 0.2) is 6.20 Å². The van der Waals surface area contributed by atoms with Crippen LogP contribution in [0, 0.1) is 17.8 Å². The third-order valence-electron chi connectivity index (χ3n) is 5.06. The van der Waals surface area contributed by atoms with Gasteiger partial charge in [-0.05, 0) is 49.5 Å². The molecule has 18 heavy (non-hydrogen) atoms. The van der Waals surface area contributed by atoms with Gasteiger partial charge >= 0.3 is 0 Å². The van der Waals surface area contributed by atoms with Crippen molar-refractivity contribution in [1.29, 1.82) is 0 Å². The van der Waals surface area contributed by atoms with Crippen LogP contribution in [0.5, 0.6) is 0 Å². The summed E-state index contributed by atoms with van der Waals surface area (Å²) in [7, 11) is 0. The summed E-state index contributed by atoms with van der Waals surface area (Å²) in [5.74, 6) is 2.02. The Kier molecular flexibility index (Phi) is 2.26. The first-order valence-corrected chi connectivity index (χ1v) is 7.17. The van der Waals surface area contributed by atoms with E-state index in [2.05, 4.69) is 15.5 Å². The third-order valence-corrected chi connectivity index (χ3v) is 5.06. The smallest absolute Gasteiger partial charge is 0.224 e. The maximum atomic E-state index is 12.3. The van der Waals surface area contributed by atoms with Crippen LogP contribution >= 0.6 is 0 Å². The van der Waals surface area contributed by atoms with Crippen molar-refractivity contribution in [1.82, 2.24) is 15.5 Å². The second-order valence-corrected chi connectivity index (χ2v) is 6.05. The molecule has 0 bridgehead atoms. The van der Waals surface area contributed by atoms with Gasteiger partial charge in [-0.2, -0.15) is 5.10 Å². The van der Waals surface area contributed by atoms with Crippen molar-refractivity contribution in [3.63, 3.8) is 0 Å². The summed E-state index contributed by atoms with van der Waals surface area (Å²) >= 11 is 0.